The lowest BCUT2D eigenvalue weighted by atomic mass is 10.2. The summed E-state index contributed by atoms with van der Waals surface area (Å²) >= 11 is 5.95. The number of alkyl halides is 3. The van der Waals surface area contributed by atoms with Gasteiger partial charge in [-0.1, -0.05) is 11.6 Å². The van der Waals surface area contributed by atoms with Crippen LogP contribution in [0.1, 0.15) is 26.4 Å². The van der Waals surface area contributed by atoms with Crippen molar-refractivity contribution in [2.75, 3.05) is 11.9 Å². The first-order valence-electron chi connectivity index (χ1n) is 7.72. The van der Waals surface area contributed by atoms with E-state index in [1.807, 2.05) is 0 Å². The van der Waals surface area contributed by atoms with Gasteiger partial charge in [0.15, 0.2) is 0 Å². The van der Waals surface area contributed by atoms with Crippen molar-refractivity contribution < 1.29 is 31.9 Å². The third-order valence-electron chi connectivity index (χ3n) is 3.71. The molecule has 0 aliphatic heterocycles. The van der Waals surface area contributed by atoms with Gasteiger partial charge in [0.05, 0.1) is 5.56 Å². The number of hydrogen-bond donors (Lipinski definition) is 2. The molecule has 0 saturated heterocycles. The van der Waals surface area contributed by atoms with Crippen molar-refractivity contribution in [2.45, 2.75) is 13.1 Å². The number of hydrogen-bond acceptors (Lipinski definition) is 3. The molecular formula is C17H14ClF4N3O3. The van der Waals surface area contributed by atoms with Gasteiger partial charge < -0.3 is 15.2 Å². The Hall–Kier alpha value is -2.88. The van der Waals surface area contributed by atoms with Gasteiger partial charge in [-0.2, -0.15) is 13.2 Å². The molecule has 2 aromatic rings. The predicted molar refractivity (Wildman–Crippen MR) is 92.9 cm³/mol. The Labute approximate surface area is 161 Å². The van der Waals surface area contributed by atoms with Gasteiger partial charge in [0.25, 0.3) is 17.6 Å². The Bertz CT molecular complexity index is 954. The summed E-state index contributed by atoms with van der Waals surface area (Å²) in [6.07, 6.45) is -4.69. The third kappa shape index (κ3) is 4.89. The number of anilines is 1. The molecule has 6 nitrogen and oxygen atoms in total. The first kappa shape index (κ1) is 21.4. The van der Waals surface area contributed by atoms with Crippen LogP contribution in [0, 0.1) is 12.7 Å². The van der Waals surface area contributed by atoms with Gasteiger partial charge in [0.1, 0.15) is 23.2 Å². The molecule has 0 aliphatic carbocycles. The van der Waals surface area contributed by atoms with Crippen molar-refractivity contribution in [3.05, 3.63) is 52.1 Å². The normalized spacial score (nSPS) is 11.2. The molecule has 1 aromatic heterocycles. The van der Waals surface area contributed by atoms with Crippen molar-refractivity contribution in [1.29, 1.82) is 0 Å². The summed E-state index contributed by atoms with van der Waals surface area (Å²) in [7, 11) is 1.33. The summed E-state index contributed by atoms with van der Waals surface area (Å²) in [6, 6.07) is 4.85. The van der Waals surface area contributed by atoms with Gasteiger partial charge >= 0.3 is 6.18 Å². The van der Waals surface area contributed by atoms with Crippen molar-refractivity contribution in [2.24, 2.45) is 7.05 Å². The maximum atomic E-state index is 13.3. The van der Waals surface area contributed by atoms with Crippen LogP contribution in [0.4, 0.5) is 23.2 Å². The van der Waals surface area contributed by atoms with Gasteiger partial charge in [0, 0.05) is 12.7 Å². The van der Waals surface area contributed by atoms with Gasteiger partial charge in [-0.3, -0.25) is 14.4 Å². The number of rotatable bonds is 5. The van der Waals surface area contributed by atoms with E-state index in [1.165, 1.54) is 31.4 Å². The molecule has 0 bridgehead atoms. The molecule has 2 amide bonds. The van der Waals surface area contributed by atoms with E-state index in [0.29, 0.717) is 5.56 Å². The molecule has 0 saturated carbocycles. The lowest BCUT2D eigenvalue weighted by Crippen LogP contribution is -2.38. The minimum Gasteiger partial charge on any atom is -0.340 e. The highest BCUT2D eigenvalue weighted by atomic mass is 35.5. The lowest BCUT2D eigenvalue weighted by molar-refractivity contribution is -0.135. The average Bonchev–Trinajstić information content (AvgIpc) is 2.90. The molecule has 11 heteroatoms. The van der Waals surface area contributed by atoms with Crippen molar-refractivity contribution in [3.63, 3.8) is 0 Å². The summed E-state index contributed by atoms with van der Waals surface area (Å²) < 4.78 is 50.9. The molecule has 0 unspecified atom stereocenters. The van der Waals surface area contributed by atoms with Gasteiger partial charge in [-0.15, -0.1) is 0 Å². The highest BCUT2D eigenvalue weighted by Gasteiger charge is 2.31. The smallest absolute Gasteiger partial charge is 0.340 e. The number of Topliss-reactive ketones (excluding diaryl/α,β-unsaturated/α-hetero) is 1. The molecular weight excluding hydrogens is 406 g/mol. The van der Waals surface area contributed by atoms with Crippen LogP contribution in [0.5, 0.6) is 0 Å². The van der Waals surface area contributed by atoms with Gasteiger partial charge in [-0.05, 0) is 36.8 Å². The molecule has 0 spiro atoms. The largest absolute Gasteiger partial charge is 0.405 e. The number of carbonyl (C=O) groups is 3. The zero-order valence-corrected chi connectivity index (χ0v) is 15.3. The molecule has 2 N–H and O–H groups in total. The summed E-state index contributed by atoms with van der Waals surface area (Å²) in [4.78, 5) is 36.1. The third-order valence-corrected chi connectivity index (χ3v) is 4.16. The van der Waals surface area contributed by atoms with Crippen LogP contribution in [0.2, 0.25) is 5.15 Å². The van der Waals surface area contributed by atoms with E-state index < -0.39 is 41.7 Å². The predicted octanol–water partition coefficient (Wildman–Crippen LogP) is 3.24. The highest BCUT2D eigenvalue weighted by molar-refractivity contribution is 6.47. The maximum absolute atomic E-state index is 13.3. The Morgan fingerprint density at radius 3 is 2.39 bits per heavy atom. The van der Waals surface area contributed by atoms with Crippen molar-refractivity contribution in [1.82, 2.24) is 9.88 Å². The van der Waals surface area contributed by atoms with Crippen LogP contribution in [-0.4, -0.2) is 34.9 Å². The number of benzene rings is 1. The fourth-order valence-corrected chi connectivity index (χ4v) is 2.49. The minimum absolute atomic E-state index is 0.126. The number of carbonyl (C=O) groups excluding carboxylic acids is 3. The van der Waals surface area contributed by atoms with Crippen molar-refractivity contribution >= 4 is 34.9 Å². The Morgan fingerprint density at radius 1 is 1.18 bits per heavy atom. The number of aromatic nitrogens is 1. The molecule has 0 fully saturated rings. The van der Waals surface area contributed by atoms with E-state index in [0.717, 1.165) is 16.7 Å². The Kier molecular flexibility index (Phi) is 6.13. The molecule has 150 valence electrons. The standard InChI is InChI=1S/C17H14ClF4N3O3/c1-8-5-9(3-4-11(8)19)24-15(27)12-6-10(14(18)25(12)2)13(26)16(28)23-7-17(20,21)22/h3-6H,7H2,1-2H3,(H,23,28)(H,24,27). The SMILES string of the molecule is Cc1cc(NC(=O)c2cc(C(=O)C(=O)NCC(F)(F)F)c(Cl)n2C)ccc1F. The van der Waals surface area contributed by atoms with Crippen LogP contribution >= 0.6 is 11.6 Å². The molecule has 0 radical (unpaired) electrons. The zero-order chi connectivity index (χ0) is 21.2. The van der Waals surface area contributed by atoms with Gasteiger partial charge in [-0.25, -0.2) is 4.39 Å². The Morgan fingerprint density at radius 2 is 1.82 bits per heavy atom. The molecule has 2 rings (SSSR count). The number of nitrogens with one attached hydrogen (secondary N) is 2. The Balaban J connectivity index is 2.21. The molecule has 1 aromatic carbocycles. The molecule has 1 heterocycles. The minimum atomic E-state index is -4.69. The highest BCUT2D eigenvalue weighted by Crippen LogP contribution is 2.23. The summed E-state index contributed by atoms with van der Waals surface area (Å²) in [5.74, 6) is -4.00. The average molecular weight is 420 g/mol. The van der Waals surface area contributed by atoms with Gasteiger partial charge in [0.2, 0.25) is 0 Å². The second-order valence-electron chi connectivity index (χ2n) is 5.84. The first-order valence-corrected chi connectivity index (χ1v) is 8.10. The number of halogens is 5. The summed E-state index contributed by atoms with van der Waals surface area (Å²) in [5.41, 5.74) is 0.0140. The summed E-state index contributed by atoms with van der Waals surface area (Å²) in [5, 5.41) is 3.62. The maximum Gasteiger partial charge on any atom is 0.405 e. The fraction of sp³-hybridized carbons (Fsp3) is 0.235. The van der Waals surface area contributed by atoms with E-state index in [4.69, 9.17) is 11.6 Å². The monoisotopic (exact) mass is 419 g/mol. The van der Waals surface area contributed by atoms with E-state index in [-0.39, 0.29) is 16.5 Å². The quantitative estimate of drug-likeness (QED) is 0.443. The first-order chi connectivity index (χ1) is 12.9. The van der Waals surface area contributed by atoms with E-state index >= 15 is 0 Å². The van der Waals surface area contributed by atoms with E-state index in [1.54, 1.807) is 0 Å². The van der Waals surface area contributed by atoms with Crippen LogP contribution in [0.3, 0.4) is 0 Å². The second-order valence-corrected chi connectivity index (χ2v) is 6.20. The fourth-order valence-electron chi connectivity index (χ4n) is 2.26. The van der Waals surface area contributed by atoms with Crippen LogP contribution < -0.4 is 10.6 Å². The molecule has 28 heavy (non-hydrogen) atoms. The zero-order valence-electron chi connectivity index (χ0n) is 14.6. The van der Waals surface area contributed by atoms with Crippen LogP contribution in [0.25, 0.3) is 0 Å². The molecule has 0 atom stereocenters. The molecule has 0 aliphatic rings. The lowest BCUT2D eigenvalue weighted by Gasteiger charge is -2.07. The van der Waals surface area contributed by atoms with Crippen LogP contribution in [0.15, 0.2) is 24.3 Å². The topological polar surface area (TPSA) is 80.2 Å². The van der Waals surface area contributed by atoms with E-state index in [2.05, 4.69) is 5.32 Å². The van der Waals surface area contributed by atoms with Crippen LogP contribution in [-0.2, 0) is 11.8 Å². The summed E-state index contributed by atoms with van der Waals surface area (Å²) in [6.45, 7) is -0.181. The second kappa shape index (κ2) is 8.01. The number of amides is 2. The number of nitrogens with zero attached hydrogens (tertiary/aromatic N) is 1. The number of aryl methyl sites for hydroxylation is 1. The number of ketones is 1. The van der Waals surface area contributed by atoms with Crippen molar-refractivity contribution in [3.8, 4) is 0 Å². The van der Waals surface area contributed by atoms with E-state index in [9.17, 15) is 31.9 Å².